The van der Waals surface area contributed by atoms with E-state index in [0.717, 1.165) is 117 Å². The first-order valence-electron chi connectivity index (χ1n) is 53.1. The summed E-state index contributed by atoms with van der Waals surface area (Å²) in [5.41, 5.74) is 6.75. The molecule has 0 aromatic carbocycles. The van der Waals surface area contributed by atoms with Crippen LogP contribution in [-0.2, 0) is 0 Å². The van der Waals surface area contributed by atoms with Crippen molar-refractivity contribution < 1.29 is 81.7 Å². The zero-order valence-corrected chi connectivity index (χ0v) is 94.5. The number of rotatable bonds is 5. The van der Waals surface area contributed by atoms with Crippen molar-refractivity contribution in [1.82, 2.24) is 69.4 Å². The van der Waals surface area contributed by atoms with E-state index in [1.807, 2.05) is 25.7 Å². The summed E-state index contributed by atoms with van der Waals surface area (Å²) in [6.45, 7) is 97.7. The van der Waals surface area contributed by atoms with Crippen LogP contribution in [0.25, 0.3) is 0 Å². The highest BCUT2D eigenvalue weighted by Crippen LogP contribution is 2.38. The molecular formula is C106H223N15O16. The van der Waals surface area contributed by atoms with Crippen molar-refractivity contribution in [2.24, 2.45) is 5.73 Å². The first-order chi connectivity index (χ1) is 62.0. The lowest BCUT2D eigenvalue weighted by Gasteiger charge is -2.56. The molecule has 0 spiro atoms. The zero-order chi connectivity index (χ0) is 106. The molecule has 14 aliphatic heterocycles. The highest BCUT2D eigenvalue weighted by molar-refractivity contribution is 5.10. The molecule has 14 fully saturated rings. The molecule has 818 valence electrons. The van der Waals surface area contributed by atoms with E-state index in [2.05, 4.69) is 293 Å². The summed E-state index contributed by atoms with van der Waals surface area (Å²) in [6, 6.07) is 1.00. The summed E-state index contributed by atoms with van der Waals surface area (Å²) in [5, 5.41) is 157. The topological polar surface area (TPSA) is 413 Å². The van der Waals surface area contributed by atoms with Crippen molar-refractivity contribution in [1.29, 1.82) is 0 Å². The summed E-state index contributed by atoms with van der Waals surface area (Å²) in [7, 11) is 0. The lowest BCUT2D eigenvalue weighted by Crippen LogP contribution is -2.74. The fourth-order valence-corrected chi connectivity index (χ4v) is 20.0. The number of nitrogens with zero attached hydrogens (tertiary/aromatic N) is 12. The van der Waals surface area contributed by atoms with E-state index in [1.54, 1.807) is 0 Å². The maximum atomic E-state index is 10.5. The first-order valence-corrected chi connectivity index (χ1v) is 53.1. The van der Waals surface area contributed by atoms with E-state index in [-0.39, 0.29) is 124 Å². The number of piperidine rings is 2. The molecule has 0 saturated carbocycles. The molecule has 137 heavy (non-hydrogen) atoms. The molecule has 20 N–H and O–H groups in total. The van der Waals surface area contributed by atoms with Gasteiger partial charge in [0.2, 0.25) is 0 Å². The number of hydrogen-bond acceptors (Lipinski definition) is 31. The predicted octanol–water partition coefficient (Wildman–Crippen LogP) is 6.06. The van der Waals surface area contributed by atoms with Gasteiger partial charge in [-0.25, -0.2) is 0 Å². The number of β-amino-alcohol motifs (C(OH)–C–C–N with tert-alkyl or cyclic N) is 12. The van der Waals surface area contributed by atoms with Gasteiger partial charge in [-0.3, -0.25) is 58.8 Å². The van der Waals surface area contributed by atoms with Crippen LogP contribution < -0.4 is 16.4 Å². The molecule has 14 saturated heterocycles. The third kappa shape index (κ3) is 44.6. The average Bonchev–Trinajstić information content (AvgIpc) is 1.48. The van der Waals surface area contributed by atoms with Crippen LogP contribution in [0.3, 0.4) is 0 Å². The quantitative estimate of drug-likeness (QED) is 0.149. The van der Waals surface area contributed by atoms with Crippen LogP contribution in [0.4, 0.5) is 0 Å². The SMILES string of the molecule is CC(C)(C)N1CC(O)([C@@H]2CCCCN2)C1.CC(C)(C)N1CC(O)([C@H]2CCCCN2)C1.CC(C)(C)N1CC(O)C1.CC(C)(C)N1CCCC1.CC(C)(C)N1CC[C@@H](N)C1.CC(C)(C)N1CC[C@@H](O)C1.CC(C)(C)N1CC[C@H](O)C1.CC(C)(C)N1C[C@@H](O)[C@@H](O)C1.CC(C)(C)N1C[C@@H](O)[C@H](O)[C@H]1CO.CC(C)(C)N1C[C@H](O)C[C@@H]1CO.CC(C)(C)N1C[C@H](O)C[C@H]1CO.CC(C)(C)N1C[C@H](O)[C@@H](O)C1. The Morgan fingerprint density at radius 2 is 0.533 bits per heavy atom. The van der Waals surface area contributed by atoms with Crippen LogP contribution >= 0.6 is 0 Å². The molecular weight excluding hydrogens is 1740 g/mol. The maximum Gasteiger partial charge on any atom is 0.105 e. The van der Waals surface area contributed by atoms with Crippen molar-refractivity contribution in [2.45, 2.75) is 514 Å². The van der Waals surface area contributed by atoms with Crippen LogP contribution in [0.5, 0.6) is 0 Å². The monoisotopic (exact) mass is 1960 g/mol. The molecule has 0 unspecified atom stereocenters. The molecule has 31 heteroatoms. The van der Waals surface area contributed by atoms with Crippen molar-refractivity contribution in [3.63, 3.8) is 0 Å². The van der Waals surface area contributed by atoms with E-state index in [0.29, 0.717) is 87.9 Å². The second-order valence-corrected chi connectivity index (χ2v) is 54.3. The highest BCUT2D eigenvalue weighted by Gasteiger charge is 2.53. The lowest BCUT2D eigenvalue weighted by atomic mass is 9.79. The summed E-state index contributed by atoms with van der Waals surface area (Å²) in [6.07, 6.45) is 9.99. The van der Waals surface area contributed by atoms with Gasteiger partial charge in [-0.05, 0) is 346 Å². The van der Waals surface area contributed by atoms with E-state index in [9.17, 15) is 61.3 Å². The first kappa shape index (κ1) is 130. The van der Waals surface area contributed by atoms with Crippen molar-refractivity contribution in [3.8, 4) is 0 Å². The summed E-state index contributed by atoms with van der Waals surface area (Å²) in [4.78, 5) is 27.0. The second-order valence-electron chi connectivity index (χ2n) is 54.3. The van der Waals surface area contributed by atoms with Gasteiger partial charge in [-0.15, -0.1) is 0 Å². The van der Waals surface area contributed by atoms with E-state index in [4.69, 9.17) is 26.2 Å². The van der Waals surface area contributed by atoms with Gasteiger partial charge in [0.15, 0.2) is 0 Å². The van der Waals surface area contributed by atoms with Gasteiger partial charge < -0.3 is 98.1 Å². The summed E-state index contributed by atoms with van der Waals surface area (Å²) < 4.78 is 0. The molecule has 0 aromatic heterocycles. The van der Waals surface area contributed by atoms with Crippen LogP contribution in [0.1, 0.15) is 333 Å². The standard InChI is InChI=1S/2C12H24N2O.C9H19NO3.2C9H19NO2.C8H18N2.2C8H17NO2.2C8H17NO.C8H17N.C7H15NO/c2*1-11(2,3)14-8-12(15,9-14)10-6-4-5-7-13-10;1-9(2,3)10-4-7(12)8(13)6(10)5-11;2*1-9(2,3)10-5-8(12)4-7(10)6-11;1-8(2,3)10-5-4-7(9)6-10;2*1-8(2,3)9-4-6(10)7(11)5-9;2*1-8(2,3)9-5-4-7(10)6-9;1-8(2,3)9-6-4-5-7-9;1-7(2,3)8-4-6(9)5-8/h2*10,13,15H,4-9H2,1-3H3;6-8,11-13H,4-5H2,1-3H3;2*7-8,11-12H,4-6H2,1-3H3;7H,4-6,9H2,1-3H3;2*6-7,10-11H,4-5H2,1-3H3;2*7,10H,4-6H2,1-3H3;4-7H2,1-3H3;6,9H,4-5H2,1-3H3/t2*10-;6-,7-,8-;7-,8+;7-,8-;7-;6-,7+;6-,7-;2*7-;;/m101011.010../s1. The maximum absolute atomic E-state index is 10.5. The van der Waals surface area contributed by atoms with Crippen LogP contribution in [0.2, 0.25) is 0 Å². The van der Waals surface area contributed by atoms with Crippen LogP contribution in [-0.4, -0.2) is 492 Å². The lowest BCUT2D eigenvalue weighted by molar-refractivity contribution is -0.153. The Morgan fingerprint density at radius 1 is 0.255 bits per heavy atom. The third-order valence-corrected chi connectivity index (χ3v) is 29.9. The number of hydrogen-bond donors (Lipinski definition) is 19. The fourth-order valence-electron chi connectivity index (χ4n) is 20.0. The molecule has 14 heterocycles. The Morgan fingerprint density at radius 3 is 0.708 bits per heavy atom. The Labute approximate surface area is 836 Å². The van der Waals surface area contributed by atoms with Crippen molar-refractivity contribution >= 4 is 0 Å². The number of nitrogens with two attached hydrogens (primary N) is 1. The molecule has 0 bridgehead atoms. The van der Waals surface area contributed by atoms with E-state index in [1.165, 1.54) is 58.2 Å². The zero-order valence-electron chi connectivity index (χ0n) is 94.5. The second kappa shape index (κ2) is 54.3. The normalized spacial score (nSPS) is 31.4. The molecule has 0 aliphatic carbocycles. The minimum absolute atomic E-state index is 0.0465. The van der Waals surface area contributed by atoms with Gasteiger partial charge in [-0.1, -0.05) is 12.8 Å². The van der Waals surface area contributed by atoms with Crippen molar-refractivity contribution in [3.05, 3.63) is 0 Å². The number of aliphatic hydroxyl groups excluding tert-OH is 14. The van der Waals surface area contributed by atoms with Gasteiger partial charge in [0.05, 0.1) is 93.0 Å². The Balaban J connectivity index is 0.000000386. The predicted molar refractivity (Wildman–Crippen MR) is 561 cm³/mol. The molecule has 0 amide bonds. The van der Waals surface area contributed by atoms with Crippen LogP contribution in [0, 0.1) is 0 Å². The number of aliphatic hydroxyl groups is 16. The molecule has 31 nitrogen and oxygen atoms in total. The Bertz CT molecular complexity index is 3050. The Kier molecular flexibility index (Phi) is 51.5. The average molecular weight is 1960 g/mol. The number of likely N-dealkylation sites (tertiary alicyclic amines) is 12. The number of nitrogens with one attached hydrogen (secondary N) is 2. The fraction of sp³-hybridized carbons (Fsp3) is 1.00. The van der Waals surface area contributed by atoms with E-state index >= 15 is 0 Å². The molecule has 16 atom stereocenters. The van der Waals surface area contributed by atoms with Crippen LogP contribution in [0.15, 0.2) is 0 Å². The van der Waals surface area contributed by atoms with Gasteiger partial charge in [-0.2, -0.15) is 0 Å². The summed E-state index contributed by atoms with van der Waals surface area (Å²) >= 11 is 0. The molecule has 0 aromatic rings. The van der Waals surface area contributed by atoms with Gasteiger partial charge >= 0.3 is 0 Å². The third-order valence-electron chi connectivity index (χ3n) is 29.9. The minimum Gasteiger partial charge on any atom is -0.395 e. The minimum atomic E-state index is -0.829. The largest absolute Gasteiger partial charge is 0.395 e. The van der Waals surface area contributed by atoms with E-state index < -0.39 is 47.8 Å². The summed E-state index contributed by atoms with van der Waals surface area (Å²) in [5.74, 6) is 0. The van der Waals surface area contributed by atoms with Gasteiger partial charge in [0, 0.05) is 221 Å². The highest BCUT2D eigenvalue weighted by atomic mass is 16.4. The molecule has 0 radical (unpaired) electrons. The Hall–Kier alpha value is -1.24. The molecule has 14 rings (SSSR count). The smallest absolute Gasteiger partial charge is 0.105 e. The van der Waals surface area contributed by atoms with Gasteiger partial charge in [0.1, 0.15) is 11.2 Å². The van der Waals surface area contributed by atoms with Gasteiger partial charge in [0.25, 0.3) is 0 Å². The van der Waals surface area contributed by atoms with Crippen molar-refractivity contribution in [2.75, 3.05) is 170 Å². The molecule has 14 aliphatic rings.